The summed E-state index contributed by atoms with van der Waals surface area (Å²) in [5, 5.41) is 14.9. The predicted octanol–water partition coefficient (Wildman–Crippen LogP) is -0.0677. The van der Waals surface area contributed by atoms with E-state index in [1.165, 1.54) is 0 Å². The maximum atomic E-state index is 11.9. The van der Waals surface area contributed by atoms with Crippen molar-refractivity contribution in [3.05, 3.63) is 0 Å². The summed E-state index contributed by atoms with van der Waals surface area (Å²) in [6.07, 6.45) is 5.14. The van der Waals surface area contributed by atoms with Crippen LogP contribution in [0.4, 0.5) is 0 Å². The smallest absolute Gasteiger partial charge is 0.242 e. The van der Waals surface area contributed by atoms with Crippen molar-refractivity contribution in [3.8, 4) is 0 Å². The Kier molecular flexibility index (Phi) is 3.99. The van der Waals surface area contributed by atoms with Crippen LogP contribution in [0.15, 0.2) is 0 Å². The fraction of sp³-hybridized carbons (Fsp3) is 0.833. The third kappa shape index (κ3) is 2.97. The average Bonchev–Trinajstić information content (AvgIpc) is 2.77. The zero-order valence-electron chi connectivity index (χ0n) is 9.95. The Morgan fingerprint density at radius 2 is 2.12 bits per heavy atom. The first-order valence-electron chi connectivity index (χ1n) is 6.41. The molecule has 0 radical (unpaired) electrons. The lowest BCUT2D eigenvalue weighted by Crippen LogP contribution is -2.49. The van der Waals surface area contributed by atoms with Gasteiger partial charge in [-0.2, -0.15) is 0 Å². The third-order valence-corrected chi connectivity index (χ3v) is 3.78. The normalized spacial score (nSPS) is 33.2. The minimum atomic E-state index is -0.372. The first kappa shape index (κ1) is 12.4. The topological polar surface area (TPSA) is 78.4 Å². The van der Waals surface area contributed by atoms with Crippen LogP contribution in [-0.2, 0) is 9.59 Å². The van der Waals surface area contributed by atoms with E-state index in [0.717, 1.165) is 25.7 Å². The van der Waals surface area contributed by atoms with Crippen molar-refractivity contribution in [2.75, 3.05) is 6.61 Å². The number of carbonyl (C=O) groups excluding carboxylic acids is 2. The molecule has 1 aliphatic carbocycles. The maximum absolute atomic E-state index is 11.9. The largest absolute Gasteiger partial charge is 0.396 e. The number of hydrogen-bond acceptors (Lipinski definition) is 3. The molecule has 1 saturated carbocycles. The molecule has 0 aromatic heterocycles. The molecule has 0 aromatic carbocycles. The summed E-state index contributed by atoms with van der Waals surface area (Å²) in [5.41, 5.74) is 0. The Bertz CT molecular complexity index is 306. The van der Waals surface area contributed by atoms with Gasteiger partial charge < -0.3 is 15.7 Å². The fourth-order valence-corrected chi connectivity index (χ4v) is 2.71. The predicted molar refractivity (Wildman–Crippen MR) is 62.1 cm³/mol. The van der Waals surface area contributed by atoms with Crippen molar-refractivity contribution >= 4 is 11.8 Å². The van der Waals surface area contributed by atoms with E-state index in [1.807, 2.05) is 0 Å². The molecule has 2 rings (SSSR count). The van der Waals surface area contributed by atoms with Crippen LogP contribution in [0.2, 0.25) is 0 Å². The van der Waals surface area contributed by atoms with Gasteiger partial charge in [-0.1, -0.05) is 12.8 Å². The summed E-state index contributed by atoms with van der Waals surface area (Å²) in [7, 11) is 0. The van der Waals surface area contributed by atoms with Crippen LogP contribution in [0.3, 0.4) is 0 Å². The van der Waals surface area contributed by atoms with Gasteiger partial charge in [0.2, 0.25) is 11.8 Å². The lowest BCUT2D eigenvalue weighted by molar-refractivity contribution is -0.126. The Hall–Kier alpha value is -1.10. The highest BCUT2D eigenvalue weighted by Crippen LogP contribution is 2.24. The Morgan fingerprint density at radius 3 is 2.76 bits per heavy atom. The molecular weight excluding hydrogens is 220 g/mol. The Morgan fingerprint density at radius 1 is 1.35 bits per heavy atom. The van der Waals surface area contributed by atoms with Crippen LogP contribution in [0.25, 0.3) is 0 Å². The minimum Gasteiger partial charge on any atom is -0.396 e. The molecule has 5 nitrogen and oxygen atoms in total. The van der Waals surface area contributed by atoms with Gasteiger partial charge in [-0.3, -0.25) is 9.59 Å². The fourth-order valence-electron chi connectivity index (χ4n) is 2.71. The van der Waals surface area contributed by atoms with Gasteiger partial charge in [-0.05, 0) is 19.3 Å². The molecule has 0 bridgehead atoms. The molecule has 0 aromatic rings. The van der Waals surface area contributed by atoms with Gasteiger partial charge in [0.1, 0.15) is 6.04 Å². The molecule has 2 amide bonds. The lowest BCUT2D eigenvalue weighted by atomic mass is 9.85. The quantitative estimate of drug-likeness (QED) is 0.646. The molecule has 5 heteroatoms. The van der Waals surface area contributed by atoms with Crippen LogP contribution < -0.4 is 10.6 Å². The lowest BCUT2D eigenvalue weighted by Gasteiger charge is -2.31. The second kappa shape index (κ2) is 5.49. The molecule has 0 spiro atoms. The molecule has 1 aliphatic heterocycles. The van der Waals surface area contributed by atoms with Gasteiger partial charge in [-0.25, -0.2) is 0 Å². The summed E-state index contributed by atoms with van der Waals surface area (Å²) in [6, 6.07) is -0.303. The summed E-state index contributed by atoms with van der Waals surface area (Å²) >= 11 is 0. The highest BCUT2D eigenvalue weighted by Gasteiger charge is 2.31. The highest BCUT2D eigenvalue weighted by molar-refractivity contribution is 5.90. The van der Waals surface area contributed by atoms with Gasteiger partial charge in [0.15, 0.2) is 0 Å². The summed E-state index contributed by atoms with van der Waals surface area (Å²) in [6.45, 7) is 0.127. The standard InChI is InChI=1S/C12H20N2O3/c15-7-8-3-1-2-4-9(8)14-12(17)10-5-6-11(16)13-10/h8-10,15H,1-7H2,(H,13,16)(H,14,17)/t8?,9?,10-/m0/s1. The molecule has 2 aliphatic rings. The molecule has 17 heavy (non-hydrogen) atoms. The number of carbonyl (C=O) groups is 2. The van der Waals surface area contributed by atoms with Gasteiger partial charge in [0.25, 0.3) is 0 Å². The minimum absolute atomic E-state index is 0.0486. The van der Waals surface area contributed by atoms with E-state index in [2.05, 4.69) is 10.6 Å². The van der Waals surface area contributed by atoms with Gasteiger partial charge in [0.05, 0.1) is 0 Å². The zero-order chi connectivity index (χ0) is 12.3. The second-order valence-electron chi connectivity index (χ2n) is 5.00. The third-order valence-electron chi connectivity index (χ3n) is 3.78. The summed E-state index contributed by atoms with van der Waals surface area (Å²) in [5.74, 6) is 0.0264. The van der Waals surface area contributed by atoms with Gasteiger partial charge in [0, 0.05) is 25.0 Å². The first-order valence-corrected chi connectivity index (χ1v) is 6.41. The van der Waals surface area contributed by atoms with E-state index in [0.29, 0.717) is 12.8 Å². The number of aliphatic hydroxyl groups is 1. The van der Waals surface area contributed by atoms with Crippen molar-refractivity contribution in [3.63, 3.8) is 0 Å². The molecule has 3 atom stereocenters. The highest BCUT2D eigenvalue weighted by atomic mass is 16.3. The van der Waals surface area contributed by atoms with Crippen LogP contribution >= 0.6 is 0 Å². The second-order valence-corrected chi connectivity index (χ2v) is 5.00. The molecule has 1 heterocycles. The van der Waals surface area contributed by atoms with E-state index in [4.69, 9.17) is 0 Å². The number of rotatable bonds is 3. The number of aliphatic hydroxyl groups excluding tert-OH is 1. The molecule has 3 N–H and O–H groups in total. The van der Waals surface area contributed by atoms with E-state index < -0.39 is 0 Å². The van der Waals surface area contributed by atoms with Crippen molar-refractivity contribution in [1.82, 2.24) is 10.6 Å². The Labute approximate surface area is 101 Å². The van der Waals surface area contributed by atoms with E-state index in [9.17, 15) is 14.7 Å². The maximum Gasteiger partial charge on any atom is 0.242 e. The van der Waals surface area contributed by atoms with Crippen LogP contribution in [0.1, 0.15) is 38.5 Å². The van der Waals surface area contributed by atoms with E-state index in [-0.39, 0.29) is 36.4 Å². The van der Waals surface area contributed by atoms with E-state index >= 15 is 0 Å². The summed E-state index contributed by atoms with van der Waals surface area (Å²) < 4.78 is 0. The van der Waals surface area contributed by atoms with E-state index in [1.54, 1.807) is 0 Å². The van der Waals surface area contributed by atoms with Crippen LogP contribution in [-0.4, -0.2) is 35.6 Å². The van der Waals surface area contributed by atoms with Crippen LogP contribution in [0.5, 0.6) is 0 Å². The number of hydrogen-bond donors (Lipinski definition) is 3. The van der Waals surface area contributed by atoms with Gasteiger partial charge in [-0.15, -0.1) is 0 Å². The van der Waals surface area contributed by atoms with Crippen molar-refractivity contribution < 1.29 is 14.7 Å². The first-order chi connectivity index (χ1) is 8.20. The van der Waals surface area contributed by atoms with Crippen LogP contribution in [0, 0.1) is 5.92 Å². The number of nitrogens with one attached hydrogen (secondary N) is 2. The molecular formula is C12H20N2O3. The average molecular weight is 240 g/mol. The molecule has 1 saturated heterocycles. The van der Waals surface area contributed by atoms with Crippen molar-refractivity contribution in [1.29, 1.82) is 0 Å². The Balaban J connectivity index is 1.86. The number of amides is 2. The zero-order valence-corrected chi connectivity index (χ0v) is 9.95. The van der Waals surface area contributed by atoms with Gasteiger partial charge >= 0.3 is 0 Å². The van der Waals surface area contributed by atoms with Crippen molar-refractivity contribution in [2.24, 2.45) is 5.92 Å². The molecule has 2 fully saturated rings. The molecule has 2 unspecified atom stereocenters. The molecule has 96 valence electrons. The van der Waals surface area contributed by atoms with Crippen molar-refractivity contribution in [2.45, 2.75) is 50.6 Å². The summed E-state index contributed by atoms with van der Waals surface area (Å²) in [4.78, 5) is 23.0. The monoisotopic (exact) mass is 240 g/mol. The SMILES string of the molecule is O=C1CC[C@@H](C(=O)NC2CCCCC2CO)N1.